The fourth-order valence-corrected chi connectivity index (χ4v) is 0.487. The van der Waals surface area contributed by atoms with E-state index in [1.807, 2.05) is 0 Å². The van der Waals surface area contributed by atoms with Gasteiger partial charge < -0.3 is 9.47 Å². The van der Waals surface area contributed by atoms with Gasteiger partial charge in [-0.2, -0.15) is 0 Å². The number of esters is 1. The third-order valence-corrected chi connectivity index (χ3v) is 0.967. The molecule has 0 amide bonds. The summed E-state index contributed by atoms with van der Waals surface area (Å²) in [6, 6.07) is 0. The molecule has 0 aromatic heterocycles. The number of nitrogens with zero attached hydrogens (tertiary/aromatic N) is 1. The predicted molar refractivity (Wildman–Crippen MR) is 42.9 cm³/mol. The lowest BCUT2D eigenvalue weighted by Gasteiger charge is -1.99. The van der Waals surface area contributed by atoms with Gasteiger partial charge in [-0.1, -0.05) is 0 Å². The van der Waals surface area contributed by atoms with Crippen LogP contribution in [0.2, 0.25) is 0 Å². The maximum absolute atomic E-state index is 10.9. The highest BCUT2D eigenvalue weighted by molar-refractivity contribution is 5.90. The minimum absolute atomic E-state index is 0.126. The van der Waals surface area contributed by atoms with Gasteiger partial charge in [0.1, 0.15) is 0 Å². The molecule has 0 aliphatic rings. The summed E-state index contributed by atoms with van der Waals surface area (Å²) in [6.45, 7) is 10.8. The zero-order valence-electron chi connectivity index (χ0n) is 7.16. The van der Waals surface area contributed by atoms with Crippen LogP contribution in [0.25, 0.3) is 4.85 Å². The second-order valence-corrected chi connectivity index (χ2v) is 1.79. The third-order valence-electron chi connectivity index (χ3n) is 0.967. The molecular weight excluding hydrogens is 158 g/mol. The smallest absolute Gasteiger partial charge is 0.339 e. The second kappa shape index (κ2) is 6.23. The summed E-state index contributed by atoms with van der Waals surface area (Å²) in [5, 5.41) is 0. The van der Waals surface area contributed by atoms with Gasteiger partial charge in [-0.25, -0.2) is 4.85 Å². The van der Waals surface area contributed by atoms with Crippen molar-refractivity contribution < 1.29 is 14.3 Å². The number of rotatable bonds is 4. The first kappa shape index (κ1) is 10.5. The van der Waals surface area contributed by atoms with Crippen LogP contribution in [0, 0.1) is 6.57 Å². The van der Waals surface area contributed by atoms with Gasteiger partial charge in [0.2, 0.25) is 0 Å². The van der Waals surface area contributed by atoms with E-state index in [-0.39, 0.29) is 12.3 Å². The topological polar surface area (TPSA) is 39.9 Å². The summed E-state index contributed by atoms with van der Waals surface area (Å²) in [4.78, 5) is 13.9. The van der Waals surface area contributed by atoms with E-state index < -0.39 is 5.97 Å². The van der Waals surface area contributed by atoms with Crippen molar-refractivity contribution in [1.82, 2.24) is 0 Å². The van der Waals surface area contributed by atoms with Crippen LogP contribution in [0.1, 0.15) is 13.8 Å². The molecule has 66 valence electrons. The molecule has 0 aliphatic carbocycles. The lowest BCUT2D eigenvalue weighted by molar-refractivity contribution is -0.138. The summed E-state index contributed by atoms with van der Waals surface area (Å²) in [7, 11) is 0. The van der Waals surface area contributed by atoms with Crippen molar-refractivity contribution in [1.29, 1.82) is 0 Å². The highest BCUT2D eigenvalue weighted by Crippen LogP contribution is 2.00. The molecule has 0 bridgehead atoms. The van der Waals surface area contributed by atoms with Gasteiger partial charge in [-0.05, 0) is 13.8 Å². The van der Waals surface area contributed by atoms with Crippen molar-refractivity contribution >= 4 is 5.97 Å². The van der Waals surface area contributed by atoms with Crippen molar-refractivity contribution in [3.8, 4) is 0 Å². The average molecular weight is 169 g/mol. The Labute approximate surface area is 71.6 Å². The first-order valence-electron chi connectivity index (χ1n) is 3.62. The molecule has 0 N–H and O–H groups in total. The molecule has 0 spiro atoms. The average Bonchev–Trinajstić information content (AvgIpc) is 2.06. The van der Waals surface area contributed by atoms with Crippen LogP contribution in [0.5, 0.6) is 0 Å². The molecule has 0 radical (unpaired) electrons. The van der Waals surface area contributed by atoms with Crippen LogP contribution in [-0.4, -0.2) is 19.2 Å². The third kappa shape index (κ3) is 3.62. The lowest BCUT2D eigenvalue weighted by Crippen LogP contribution is -2.05. The van der Waals surface area contributed by atoms with E-state index in [9.17, 15) is 4.79 Å². The fourth-order valence-electron chi connectivity index (χ4n) is 0.487. The Kier molecular flexibility index (Phi) is 5.45. The van der Waals surface area contributed by atoms with Gasteiger partial charge in [0.15, 0.2) is 0 Å². The van der Waals surface area contributed by atoms with Crippen LogP contribution < -0.4 is 0 Å². The molecule has 0 unspecified atom stereocenters. The highest BCUT2D eigenvalue weighted by Gasteiger charge is 2.10. The molecule has 4 nitrogen and oxygen atoms in total. The zero-order valence-corrected chi connectivity index (χ0v) is 7.16. The molecule has 12 heavy (non-hydrogen) atoms. The highest BCUT2D eigenvalue weighted by atomic mass is 16.5. The van der Waals surface area contributed by atoms with Gasteiger partial charge in [0.05, 0.1) is 26.0 Å². The summed E-state index contributed by atoms with van der Waals surface area (Å²) in [6.07, 6.45) is 1.12. The maximum atomic E-state index is 10.9. The molecule has 0 fully saturated rings. The predicted octanol–water partition coefficient (Wildman–Crippen LogP) is 1.35. The maximum Gasteiger partial charge on any atom is 0.339 e. The molecule has 0 heterocycles. The first-order chi connectivity index (χ1) is 5.76. The minimum Gasteiger partial charge on any atom is -0.512 e. The van der Waals surface area contributed by atoms with Crippen molar-refractivity contribution in [3.63, 3.8) is 0 Å². The van der Waals surface area contributed by atoms with Crippen molar-refractivity contribution in [2.45, 2.75) is 13.8 Å². The Bertz CT molecular complexity index is 215. The molecule has 0 aromatic carbocycles. The summed E-state index contributed by atoms with van der Waals surface area (Å²) >= 11 is 0. The standard InChI is InChI=1S/C8H11NO3/c1-4-11-6-7(9-3)8(10)12-5-2/h6H,4-5H2,1-2H3. The Hall–Kier alpha value is -1.50. The minimum atomic E-state index is -0.638. The molecule has 0 rings (SSSR count). The van der Waals surface area contributed by atoms with E-state index in [1.54, 1.807) is 13.8 Å². The monoisotopic (exact) mass is 169 g/mol. The number of carbonyl (C=O) groups excluding carboxylic acids is 1. The van der Waals surface area contributed by atoms with E-state index in [2.05, 4.69) is 9.58 Å². The molecule has 0 saturated heterocycles. The van der Waals surface area contributed by atoms with E-state index in [1.165, 1.54) is 0 Å². The van der Waals surface area contributed by atoms with Gasteiger partial charge in [0.25, 0.3) is 0 Å². The van der Waals surface area contributed by atoms with Gasteiger partial charge in [-0.15, -0.1) is 0 Å². The Morgan fingerprint density at radius 2 is 2.17 bits per heavy atom. The van der Waals surface area contributed by atoms with E-state index in [0.717, 1.165) is 6.26 Å². The largest absolute Gasteiger partial charge is 0.512 e. The normalized spacial score (nSPS) is 10.2. The SMILES string of the molecule is [C-]#[N+]C(=COCC)C(=O)OCC. The Morgan fingerprint density at radius 1 is 1.50 bits per heavy atom. The van der Waals surface area contributed by atoms with Crippen molar-refractivity contribution in [2.24, 2.45) is 0 Å². The van der Waals surface area contributed by atoms with Crippen LogP contribution in [0.3, 0.4) is 0 Å². The Balaban J connectivity index is 4.16. The molecule has 0 aliphatic heterocycles. The number of carbonyl (C=O) groups is 1. The quantitative estimate of drug-likeness (QED) is 0.276. The van der Waals surface area contributed by atoms with Crippen LogP contribution in [0.4, 0.5) is 0 Å². The molecule has 0 saturated carbocycles. The number of ether oxygens (including phenoxy) is 2. The summed E-state index contributed by atoms with van der Waals surface area (Å²) in [5.74, 6) is -0.638. The number of hydrogen-bond acceptors (Lipinski definition) is 3. The summed E-state index contributed by atoms with van der Waals surface area (Å²) in [5.41, 5.74) is -0.126. The number of hydrogen-bond donors (Lipinski definition) is 0. The lowest BCUT2D eigenvalue weighted by atomic mass is 10.5. The first-order valence-corrected chi connectivity index (χ1v) is 3.62. The summed E-state index contributed by atoms with van der Waals surface area (Å²) < 4.78 is 9.37. The van der Waals surface area contributed by atoms with Gasteiger partial charge >= 0.3 is 11.7 Å². The molecule has 0 aromatic rings. The second-order valence-electron chi connectivity index (χ2n) is 1.79. The van der Waals surface area contributed by atoms with Crippen LogP contribution in [-0.2, 0) is 14.3 Å². The van der Waals surface area contributed by atoms with Gasteiger partial charge in [-0.3, -0.25) is 4.79 Å². The molecule has 4 heteroatoms. The van der Waals surface area contributed by atoms with Crippen molar-refractivity contribution in [3.05, 3.63) is 23.4 Å². The zero-order chi connectivity index (χ0) is 9.40. The Morgan fingerprint density at radius 3 is 2.58 bits per heavy atom. The molecular formula is C8H11NO3. The van der Waals surface area contributed by atoms with Crippen LogP contribution >= 0.6 is 0 Å². The van der Waals surface area contributed by atoms with Crippen molar-refractivity contribution in [2.75, 3.05) is 13.2 Å². The molecule has 0 atom stereocenters. The fraction of sp³-hybridized carbons (Fsp3) is 0.500. The van der Waals surface area contributed by atoms with E-state index >= 15 is 0 Å². The van der Waals surface area contributed by atoms with Crippen LogP contribution in [0.15, 0.2) is 12.0 Å². The van der Waals surface area contributed by atoms with Gasteiger partial charge in [0, 0.05) is 0 Å². The van der Waals surface area contributed by atoms with E-state index in [0.29, 0.717) is 6.61 Å². The van der Waals surface area contributed by atoms with E-state index in [4.69, 9.17) is 11.3 Å².